The summed E-state index contributed by atoms with van der Waals surface area (Å²) in [5.41, 5.74) is 0.413. The van der Waals surface area contributed by atoms with E-state index in [4.69, 9.17) is 9.15 Å². The Kier molecular flexibility index (Phi) is 5.39. The quantitative estimate of drug-likeness (QED) is 0.561. The molecule has 3 aromatic rings. The van der Waals surface area contributed by atoms with Gasteiger partial charge in [-0.3, -0.25) is 9.59 Å². The van der Waals surface area contributed by atoms with E-state index in [1.165, 1.54) is 41.3 Å². The highest BCUT2D eigenvalue weighted by atomic mass is 19.1. The third kappa shape index (κ3) is 3.61. The van der Waals surface area contributed by atoms with E-state index in [1.807, 2.05) is 13.8 Å². The molecule has 0 bridgehead atoms. The van der Waals surface area contributed by atoms with Crippen molar-refractivity contribution < 1.29 is 22.7 Å². The molecule has 0 saturated heterocycles. The number of halogens is 2. The number of fused-ring (bicyclic) bond motifs is 2. The lowest BCUT2D eigenvalue weighted by molar-refractivity contribution is 0.0593. The number of hydrogen-bond acceptors (Lipinski definition) is 4. The van der Waals surface area contributed by atoms with E-state index < -0.39 is 29.0 Å². The molecular weight excluding hydrogens is 392 g/mol. The molecule has 2 aromatic carbocycles. The fraction of sp³-hybridized carbons (Fsp3) is 0.304. The van der Waals surface area contributed by atoms with Gasteiger partial charge in [-0.15, -0.1) is 0 Å². The van der Waals surface area contributed by atoms with Gasteiger partial charge in [-0.25, -0.2) is 8.78 Å². The van der Waals surface area contributed by atoms with Crippen LogP contribution in [0, 0.1) is 11.6 Å². The SMILES string of the molecule is CC(C)OCCCN1C(=O)c2oc3ccc(F)cc3c(=O)c2C1c1ccc(F)cc1. The molecule has 1 unspecified atom stereocenters. The fourth-order valence-corrected chi connectivity index (χ4v) is 3.77. The minimum Gasteiger partial charge on any atom is -0.450 e. The highest BCUT2D eigenvalue weighted by Crippen LogP contribution is 2.38. The van der Waals surface area contributed by atoms with Gasteiger partial charge >= 0.3 is 0 Å². The second kappa shape index (κ2) is 7.99. The molecule has 0 N–H and O–H groups in total. The fourth-order valence-electron chi connectivity index (χ4n) is 3.77. The molecule has 4 rings (SSSR count). The monoisotopic (exact) mass is 413 g/mol. The Morgan fingerprint density at radius 3 is 2.47 bits per heavy atom. The van der Waals surface area contributed by atoms with E-state index in [9.17, 15) is 18.4 Å². The Morgan fingerprint density at radius 2 is 1.77 bits per heavy atom. The van der Waals surface area contributed by atoms with E-state index in [0.29, 0.717) is 25.1 Å². The van der Waals surface area contributed by atoms with Gasteiger partial charge in [0.25, 0.3) is 5.91 Å². The Labute approximate surface area is 171 Å². The molecule has 1 atom stereocenters. The number of carbonyl (C=O) groups excluding carboxylic acids is 1. The molecule has 1 aliphatic heterocycles. The summed E-state index contributed by atoms with van der Waals surface area (Å²) in [5, 5.41) is 0.0682. The maximum Gasteiger partial charge on any atom is 0.290 e. The van der Waals surface area contributed by atoms with E-state index in [-0.39, 0.29) is 28.4 Å². The Hall–Kier alpha value is -3.06. The highest BCUT2D eigenvalue weighted by molar-refractivity contribution is 5.99. The molecule has 2 heterocycles. The third-order valence-corrected chi connectivity index (χ3v) is 5.11. The van der Waals surface area contributed by atoms with Gasteiger partial charge in [-0.05, 0) is 56.2 Å². The predicted octanol–water partition coefficient (Wildman–Crippen LogP) is 4.43. The zero-order valence-corrected chi connectivity index (χ0v) is 16.7. The van der Waals surface area contributed by atoms with Crippen molar-refractivity contribution in [3.8, 4) is 0 Å². The first-order valence-electron chi connectivity index (χ1n) is 9.81. The maximum atomic E-state index is 13.7. The third-order valence-electron chi connectivity index (χ3n) is 5.11. The summed E-state index contributed by atoms with van der Waals surface area (Å²) in [7, 11) is 0. The molecule has 1 amide bonds. The van der Waals surface area contributed by atoms with E-state index in [1.54, 1.807) is 0 Å². The number of amides is 1. The molecule has 0 fully saturated rings. The van der Waals surface area contributed by atoms with Gasteiger partial charge in [-0.1, -0.05) is 12.1 Å². The van der Waals surface area contributed by atoms with Crippen molar-refractivity contribution in [1.82, 2.24) is 4.90 Å². The predicted molar refractivity (Wildman–Crippen MR) is 107 cm³/mol. The van der Waals surface area contributed by atoms with Crippen LogP contribution in [-0.2, 0) is 4.74 Å². The first-order valence-corrected chi connectivity index (χ1v) is 9.81. The summed E-state index contributed by atoms with van der Waals surface area (Å²) in [6.45, 7) is 4.61. The topological polar surface area (TPSA) is 59.8 Å². The zero-order valence-electron chi connectivity index (χ0n) is 16.7. The highest BCUT2D eigenvalue weighted by Gasteiger charge is 2.42. The normalized spacial score (nSPS) is 16.0. The lowest BCUT2D eigenvalue weighted by atomic mass is 9.98. The summed E-state index contributed by atoms with van der Waals surface area (Å²) < 4.78 is 38.5. The van der Waals surface area contributed by atoms with Gasteiger partial charge in [0.1, 0.15) is 17.2 Å². The van der Waals surface area contributed by atoms with Crippen molar-refractivity contribution in [3.63, 3.8) is 0 Å². The van der Waals surface area contributed by atoms with Crippen molar-refractivity contribution in [1.29, 1.82) is 0 Å². The second-order valence-corrected chi connectivity index (χ2v) is 7.54. The molecule has 1 aliphatic rings. The van der Waals surface area contributed by atoms with Crippen LogP contribution >= 0.6 is 0 Å². The van der Waals surface area contributed by atoms with Crippen LogP contribution in [0.2, 0.25) is 0 Å². The molecule has 30 heavy (non-hydrogen) atoms. The number of hydrogen-bond donors (Lipinski definition) is 0. The summed E-state index contributed by atoms with van der Waals surface area (Å²) >= 11 is 0. The summed E-state index contributed by atoms with van der Waals surface area (Å²) in [6.07, 6.45) is 0.616. The van der Waals surface area contributed by atoms with Gasteiger partial charge in [0, 0.05) is 13.2 Å². The molecule has 0 saturated carbocycles. The van der Waals surface area contributed by atoms with Crippen molar-refractivity contribution in [2.45, 2.75) is 32.4 Å². The number of benzene rings is 2. The van der Waals surface area contributed by atoms with E-state index in [0.717, 1.165) is 6.07 Å². The van der Waals surface area contributed by atoms with Crippen molar-refractivity contribution in [3.05, 3.63) is 81.2 Å². The average molecular weight is 413 g/mol. The molecule has 5 nitrogen and oxygen atoms in total. The molecule has 0 aliphatic carbocycles. The summed E-state index contributed by atoms with van der Waals surface area (Å²) in [4.78, 5) is 27.9. The van der Waals surface area contributed by atoms with Gasteiger partial charge in [-0.2, -0.15) is 0 Å². The van der Waals surface area contributed by atoms with Crippen LogP contribution in [0.1, 0.15) is 48.0 Å². The minimum atomic E-state index is -0.740. The van der Waals surface area contributed by atoms with Crippen molar-refractivity contribution in [2.75, 3.05) is 13.2 Å². The largest absolute Gasteiger partial charge is 0.450 e. The number of ether oxygens (including phenoxy) is 1. The van der Waals surface area contributed by atoms with Crippen LogP contribution in [0.3, 0.4) is 0 Å². The van der Waals surface area contributed by atoms with Crippen molar-refractivity contribution >= 4 is 16.9 Å². The number of rotatable bonds is 6. The lowest BCUT2D eigenvalue weighted by Gasteiger charge is -2.25. The van der Waals surface area contributed by atoms with Crippen LogP contribution in [0.5, 0.6) is 0 Å². The molecular formula is C23H21F2NO4. The van der Waals surface area contributed by atoms with Crippen LogP contribution in [-0.4, -0.2) is 30.1 Å². The Morgan fingerprint density at radius 1 is 1.07 bits per heavy atom. The van der Waals surface area contributed by atoms with Crippen LogP contribution in [0.4, 0.5) is 8.78 Å². The average Bonchev–Trinajstić information content (AvgIpc) is 2.99. The van der Waals surface area contributed by atoms with E-state index in [2.05, 4.69) is 0 Å². The lowest BCUT2D eigenvalue weighted by Crippen LogP contribution is -2.31. The van der Waals surface area contributed by atoms with Crippen molar-refractivity contribution in [2.24, 2.45) is 0 Å². The Bertz CT molecular complexity index is 1150. The van der Waals surface area contributed by atoms with Gasteiger partial charge in [0.2, 0.25) is 5.76 Å². The van der Waals surface area contributed by atoms with E-state index >= 15 is 0 Å². The van der Waals surface area contributed by atoms with Crippen LogP contribution < -0.4 is 5.43 Å². The first-order chi connectivity index (χ1) is 14.4. The maximum absolute atomic E-state index is 13.7. The second-order valence-electron chi connectivity index (χ2n) is 7.54. The van der Waals surface area contributed by atoms with Gasteiger partial charge < -0.3 is 14.1 Å². The Balaban J connectivity index is 1.81. The molecule has 0 spiro atoms. The number of carbonyl (C=O) groups is 1. The zero-order chi connectivity index (χ0) is 21.4. The van der Waals surface area contributed by atoms with Crippen LogP contribution in [0.25, 0.3) is 11.0 Å². The molecule has 7 heteroatoms. The minimum absolute atomic E-state index is 0.0572. The molecule has 1 aromatic heterocycles. The van der Waals surface area contributed by atoms with Gasteiger partial charge in [0.15, 0.2) is 5.43 Å². The number of nitrogens with zero attached hydrogens (tertiary/aromatic N) is 1. The first kappa shape index (κ1) is 20.2. The van der Waals surface area contributed by atoms with Gasteiger partial charge in [0.05, 0.1) is 23.1 Å². The molecule has 156 valence electrons. The molecule has 0 radical (unpaired) electrons. The summed E-state index contributed by atoms with van der Waals surface area (Å²) in [5.74, 6) is -1.47. The standard InChI is InChI=1S/C23H21F2NO4/c1-13(2)29-11-3-10-26-20(14-4-6-15(24)7-5-14)19-21(27)17-12-16(25)8-9-18(17)30-22(19)23(26)28/h4-9,12-13,20H,3,10-11H2,1-2H3. The smallest absolute Gasteiger partial charge is 0.290 e. The van der Waals surface area contributed by atoms with Crippen LogP contribution in [0.15, 0.2) is 51.7 Å². The summed E-state index contributed by atoms with van der Waals surface area (Å²) in [6, 6.07) is 8.51.